The standard InChI is InChI=1S/C20H23F2N5/c21-20(22)8-1-9-27(12-20)16-5-3-15(4-6-16)26-19-17-10-14(11-23)2-7-18(17)24-13-25-19/h2,7,10,13,15-16H,1,3-6,8-9,12H2,(H,24,25,26). The van der Waals surface area contributed by atoms with Crippen molar-refractivity contribution in [3.63, 3.8) is 0 Å². The van der Waals surface area contributed by atoms with Gasteiger partial charge in [0.2, 0.25) is 0 Å². The Labute approximate surface area is 157 Å². The first-order chi connectivity index (χ1) is 13.0. The molecule has 1 aromatic carbocycles. The second-order valence-corrected chi connectivity index (χ2v) is 7.65. The first kappa shape index (κ1) is 18.1. The maximum Gasteiger partial charge on any atom is 0.260 e. The third-order valence-corrected chi connectivity index (χ3v) is 5.74. The average Bonchev–Trinajstić information content (AvgIpc) is 2.68. The van der Waals surface area contributed by atoms with Gasteiger partial charge in [0.25, 0.3) is 5.92 Å². The number of piperidine rings is 1. The second kappa shape index (κ2) is 7.35. The van der Waals surface area contributed by atoms with E-state index in [0.717, 1.165) is 48.9 Å². The van der Waals surface area contributed by atoms with Crippen molar-refractivity contribution >= 4 is 16.7 Å². The topological polar surface area (TPSA) is 64.8 Å². The number of hydrogen-bond acceptors (Lipinski definition) is 5. The molecule has 2 aromatic rings. The Morgan fingerprint density at radius 2 is 2.00 bits per heavy atom. The fourth-order valence-electron chi connectivity index (χ4n) is 4.33. The van der Waals surface area contributed by atoms with E-state index in [2.05, 4.69) is 21.4 Å². The summed E-state index contributed by atoms with van der Waals surface area (Å²) in [5, 5.41) is 13.5. The normalized spacial score (nSPS) is 25.8. The lowest BCUT2D eigenvalue weighted by atomic mass is 9.88. The van der Waals surface area contributed by atoms with Gasteiger partial charge in [-0.25, -0.2) is 18.7 Å². The summed E-state index contributed by atoms with van der Waals surface area (Å²) in [5.41, 5.74) is 1.38. The zero-order chi connectivity index (χ0) is 18.9. The number of anilines is 1. The number of alkyl halides is 2. The van der Waals surface area contributed by atoms with Crippen molar-refractivity contribution in [2.75, 3.05) is 18.4 Å². The van der Waals surface area contributed by atoms with Crippen molar-refractivity contribution in [1.82, 2.24) is 14.9 Å². The summed E-state index contributed by atoms with van der Waals surface area (Å²) in [6, 6.07) is 8.04. The van der Waals surface area contributed by atoms with Gasteiger partial charge in [-0.15, -0.1) is 0 Å². The van der Waals surface area contributed by atoms with Crippen LogP contribution in [-0.2, 0) is 0 Å². The molecule has 1 aliphatic heterocycles. The van der Waals surface area contributed by atoms with Crippen LogP contribution in [0.3, 0.4) is 0 Å². The van der Waals surface area contributed by atoms with Crippen molar-refractivity contribution in [2.24, 2.45) is 0 Å². The molecule has 0 bridgehead atoms. The van der Waals surface area contributed by atoms with Crippen LogP contribution < -0.4 is 5.32 Å². The van der Waals surface area contributed by atoms with Gasteiger partial charge in [0.15, 0.2) is 0 Å². The van der Waals surface area contributed by atoms with E-state index in [9.17, 15) is 8.78 Å². The fraction of sp³-hybridized carbons (Fsp3) is 0.550. The predicted molar refractivity (Wildman–Crippen MR) is 99.7 cm³/mol. The number of fused-ring (bicyclic) bond motifs is 1. The maximum atomic E-state index is 13.7. The molecule has 142 valence electrons. The Morgan fingerprint density at radius 1 is 1.19 bits per heavy atom. The molecule has 7 heteroatoms. The molecular weight excluding hydrogens is 348 g/mol. The largest absolute Gasteiger partial charge is 0.367 e. The van der Waals surface area contributed by atoms with Gasteiger partial charge in [0.05, 0.1) is 23.7 Å². The van der Waals surface area contributed by atoms with Crippen LogP contribution in [0.5, 0.6) is 0 Å². The number of nitrogens with zero attached hydrogens (tertiary/aromatic N) is 4. The molecule has 1 N–H and O–H groups in total. The molecule has 1 saturated carbocycles. The van der Waals surface area contributed by atoms with Crippen LogP contribution in [-0.4, -0.2) is 46.0 Å². The van der Waals surface area contributed by atoms with Gasteiger partial charge in [-0.2, -0.15) is 5.26 Å². The highest BCUT2D eigenvalue weighted by Crippen LogP contribution is 2.33. The lowest BCUT2D eigenvalue weighted by molar-refractivity contribution is -0.0785. The molecule has 2 heterocycles. The number of hydrogen-bond donors (Lipinski definition) is 1. The smallest absolute Gasteiger partial charge is 0.260 e. The van der Waals surface area contributed by atoms with Gasteiger partial charge in [-0.3, -0.25) is 4.90 Å². The lowest BCUT2D eigenvalue weighted by Crippen LogP contribution is -2.49. The van der Waals surface area contributed by atoms with E-state index < -0.39 is 5.92 Å². The summed E-state index contributed by atoms with van der Waals surface area (Å²) in [6.07, 6.45) is 5.82. The van der Waals surface area contributed by atoms with E-state index in [-0.39, 0.29) is 25.0 Å². The Kier molecular flexibility index (Phi) is 4.92. The summed E-state index contributed by atoms with van der Waals surface area (Å²) in [7, 11) is 0. The third-order valence-electron chi connectivity index (χ3n) is 5.74. The van der Waals surface area contributed by atoms with Gasteiger partial charge in [0.1, 0.15) is 12.1 Å². The number of halogens is 2. The highest BCUT2D eigenvalue weighted by Gasteiger charge is 2.38. The molecule has 1 aromatic heterocycles. The second-order valence-electron chi connectivity index (χ2n) is 7.65. The van der Waals surface area contributed by atoms with Crippen LogP contribution in [0.4, 0.5) is 14.6 Å². The number of nitriles is 1. The predicted octanol–water partition coefficient (Wildman–Crippen LogP) is 3.96. The summed E-state index contributed by atoms with van der Waals surface area (Å²) >= 11 is 0. The van der Waals surface area contributed by atoms with E-state index in [1.54, 1.807) is 12.1 Å². The van der Waals surface area contributed by atoms with Crippen molar-refractivity contribution < 1.29 is 8.78 Å². The molecule has 0 amide bonds. The first-order valence-corrected chi connectivity index (χ1v) is 9.57. The summed E-state index contributed by atoms with van der Waals surface area (Å²) < 4.78 is 27.4. The van der Waals surface area contributed by atoms with Crippen molar-refractivity contribution in [1.29, 1.82) is 5.26 Å². The Bertz CT molecular complexity index is 855. The van der Waals surface area contributed by atoms with Crippen LogP contribution in [0.1, 0.15) is 44.1 Å². The van der Waals surface area contributed by atoms with E-state index in [1.165, 1.54) is 6.33 Å². The molecule has 0 atom stereocenters. The van der Waals surface area contributed by atoms with Gasteiger partial charge >= 0.3 is 0 Å². The monoisotopic (exact) mass is 371 g/mol. The van der Waals surface area contributed by atoms with E-state index in [0.29, 0.717) is 12.0 Å². The first-order valence-electron chi connectivity index (χ1n) is 9.57. The van der Waals surface area contributed by atoms with Crippen LogP contribution in [0.2, 0.25) is 0 Å². The molecule has 0 spiro atoms. The minimum atomic E-state index is -2.54. The molecule has 0 radical (unpaired) electrons. The van der Waals surface area contributed by atoms with E-state index >= 15 is 0 Å². The number of nitrogens with one attached hydrogen (secondary N) is 1. The van der Waals surface area contributed by atoms with Crippen LogP contribution >= 0.6 is 0 Å². The van der Waals surface area contributed by atoms with Gasteiger partial charge in [-0.1, -0.05) is 0 Å². The molecule has 2 fully saturated rings. The molecular formula is C20H23F2N5. The molecule has 27 heavy (non-hydrogen) atoms. The Morgan fingerprint density at radius 3 is 2.74 bits per heavy atom. The summed E-state index contributed by atoms with van der Waals surface area (Å²) in [6.45, 7) is 0.690. The quantitative estimate of drug-likeness (QED) is 0.885. The van der Waals surface area contributed by atoms with E-state index in [4.69, 9.17) is 5.26 Å². The molecule has 1 aliphatic carbocycles. The van der Waals surface area contributed by atoms with Crippen LogP contribution in [0, 0.1) is 11.3 Å². The van der Waals surface area contributed by atoms with Gasteiger partial charge in [-0.05, 0) is 56.8 Å². The van der Waals surface area contributed by atoms with Gasteiger partial charge in [0, 0.05) is 23.9 Å². The molecule has 0 unspecified atom stereocenters. The SMILES string of the molecule is N#Cc1ccc2ncnc(NC3CCC(N4CCCC(F)(F)C4)CC3)c2c1. The average molecular weight is 371 g/mol. The number of likely N-dealkylation sites (tertiary alicyclic amines) is 1. The zero-order valence-electron chi connectivity index (χ0n) is 15.2. The zero-order valence-corrected chi connectivity index (χ0v) is 15.2. The summed E-state index contributed by atoms with van der Waals surface area (Å²) in [5.74, 6) is -1.80. The van der Waals surface area contributed by atoms with Crippen LogP contribution in [0.25, 0.3) is 10.9 Å². The highest BCUT2D eigenvalue weighted by molar-refractivity contribution is 5.89. The van der Waals surface area contributed by atoms with Crippen molar-refractivity contribution in [3.8, 4) is 6.07 Å². The van der Waals surface area contributed by atoms with Gasteiger partial charge < -0.3 is 5.32 Å². The highest BCUT2D eigenvalue weighted by atomic mass is 19.3. The minimum Gasteiger partial charge on any atom is -0.367 e. The number of aromatic nitrogens is 2. The minimum absolute atomic E-state index is 0.0197. The van der Waals surface area contributed by atoms with Crippen molar-refractivity contribution in [2.45, 2.75) is 56.5 Å². The maximum absolute atomic E-state index is 13.7. The van der Waals surface area contributed by atoms with Crippen molar-refractivity contribution in [3.05, 3.63) is 30.1 Å². The molecule has 2 aliphatic rings. The Balaban J connectivity index is 1.41. The number of rotatable bonds is 3. The molecule has 5 nitrogen and oxygen atoms in total. The summed E-state index contributed by atoms with van der Waals surface area (Å²) in [4.78, 5) is 10.6. The number of benzene rings is 1. The third kappa shape index (κ3) is 4.01. The lowest BCUT2D eigenvalue weighted by Gasteiger charge is -2.41. The van der Waals surface area contributed by atoms with E-state index in [1.807, 2.05) is 11.0 Å². The fourth-order valence-corrected chi connectivity index (χ4v) is 4.33. The molecule has 4 rings (SSSR count). The molecule has 1 saturated heterocycles. The Hall–Kier alpha value is -2.33. The van der Waals surface area contributed by atoms with Crippen LogP contribution in [0.15, 0.2) is 24.5 Å².